The number of anilines is 1. The Balaban J connectivity index is 2.45. The van der Waals surface area contributed by atoms with Crippen LogP contribution in [0.1, 0.15) is 10.4 Å². The molecular weight excluding hydrogens is 253 g/mol. The van der Waals surface area contributed by atoms with E-state index in [2.05, 4.69) is 0 Å². The Bertz CT molecular complexity index is 587. The highest BCUT2D eigenvalue weighted by Crippen LogP contribution is 2.33. The van der Waals surface area contributed by atoms with Crippen molar-refractivity contribution >= 4 is 23.4 Å². The SMILES string of the molecule is Nc1c(F)ccc(Sc2ccccc2)c1C(=O)O. The second kappa shape index (κ2) is 5.10. The van der Waals surface area contributed by atoms with E-state index < -0.39 is 11.8 Å². The Hall–Kier alpha value is -2.01. The normalized spacial score (nSPS) is 10.3. The van der Waals surface area contributed by atoms with E-state index in [1.54, 1.807) is 0 Å². The van der Waals surface area contributed by atoms with Gasteiger partial charge >= 0.3 is 5.97 Å². The molecule has 2 aromatic rings. The lowest BCUT2D eigenvalue weighted by Gasteiger charge is -2.09. The minimum absolute atomic E-state index is 0.191. The van der Waals surface area contributed by atoms with Crippen molar-refractivity contribution in [2.24, 2.45) is 0 Å². The van der Waals surface area contributed by atoms with Crippen LogP contribution in [-0.2, 0) is 0 Å². The van der Waals surface area contributed by atoms with E-state index in [4.69, 9.17) is 10.8 Å². The maximum absolute atomic E-state index is 13.3. The fraction of sp³-hybridized carbons (Fsp3) is 0. The second-order valence-corrected chi connectivity index (χ2v) is 4.67. The maximum Gasteiger partial charge on any atom is 0.339 e. The number of aromatic carboxylic acids is 1. The molecule has 92 valence electrons. The fourth-order valence-corrected chi connectivity index (χ4v) is 2.48. The monoisotopic (exact) mass is 263 g/mol. The molecular formula is C13H10FNO2S. The van der Waals surface area contributed by atoms with Gasteiger partial charge in [-0.2, -0.15) is 0 Å². The number of nitrogens with two attached hydrogens (primary N) is 1. The summed E-state index contributed by atoms with van der Waals surface area (Å²) in [7, 11) is 0. The van der Waals surface area contributed by atoms with E-state index in [9.17, 15) is 9.18 Å². The van der Waals surface area contributed by atoms with Gasteiger partial charge in [0.15, 0.2) is 0 Å². The van der Waals surface area contributed by atoms with Crippen LogP contribution in [0.15, 0.2) is 52.3 Å². The van der Waals surface area contributed by atoms with Crippen LogP contribution < -0.4 is 5.73 Å². The van der Waals surface area contributed by atoms with Gasteiger partial charge in [0.1, 0.15) is 5.82 Å². The molecule has 2 aromatic carbocycles. The first-order valence-electron chi connectivity index (χ1n) is 5.14. The van der Waals surface area contributed by atoms with Crippen LogP contribution in [0.4, 0.5) is 10.1 Å². The molecule has 0 fully saturated rings. The van der Waals surface area contributed by atoms with Gasteiger partial charge < -0.3 is 10.8 Å². The summed E-state index contributed by atoms with van der Waals surface area (Å²) in [6, 6.07) is 11.8. The number of halogens is 1. The molecule has 0 bridgehead atoms. The van der Waals surface area contributed by atoms with Crippen LogP contribution in [-0.4, -0.2) is 11.1 Å². The molecule has 0 amide bonds. The highest BCUT2D eigenvalue weighted by atomic mass is 32.2. The highest BCUT2D eigenvalue weighted by Gasteiger charge is 2.18. The first kappa shape index (κ1) is 12.4. The molecule has 0 unspecified atom stereocenters. The number of hydrogen-bond donors (Lipinski definition) is 2. The van der Waals surface area contributed by atoms with Crippen molar-refractivity contribution in [3.8, 4) is 0 Å². The summed E-state index contributed by atoms with van der Waals surface area (Å²) in [5, 5.41) is 9.09. The summed E-state index contributed by atoms with van der Waals surface area (Å²) in [5.74, 6) is -1.95. The first-order valence-corrected chi connectivity index (χ1v) is 5.95. The lowest BCUT2D eigenvalue weighted by molar-refractivity contribution is 0.0694. The van der Waals surface area contributed by atoms with Crippen LogP contribution in [0.3, 0.4) is 0 Å². The summed E-state index contributed by atoms with van der Waals surface area (Å²) in [6.07, 6.45) is 0. The molecule has 0 saturated carbocycles. The number of nitrogen functional groups attached to an aromatic ring is 1. The van der Waals surface area contributed by atoms with Gasteiger partial charge in [-0.25, -0.2) is 9.18 Å². The van der Waals surface area contributed by atoms with Gasteiger partial charge in [0.25, 0.3) is 0 Å². The lowest BCUT2D eigenvalue weighted by Crippen LogP contribution is -2.06. The average Bonchev–Trinajstić information content (AvgIpc) is 2.35. The topological polar surface area (TPSA) is 63.3 Å². The van der Waals surface area contributed by atoms with Crippen LogP contribution in [0, 0.1) is 5.82 Å². The molecule has 5 heteroatoms. The summed E-state index contributed by atoms with van der Waals surface area (Å²) in [4.78, 5) is 12.4. The van der Waals surface area contributed by atoms with Gasteiger partial charge in [0.05, 0.1) is 11.3 Å². The van der Waals surface area contributed by atoms with E-state index in [-0.39, 0.29) is 11.3 Å². The van der Waals surface area contributed by atoms with E-state index in [1.165, 1.54) is 23.9 Å². The first-order chi connectivity index (χ1) is 8.59. The molecule has 2 rings (SSSR count). The Morgan fingerprint density at radius 2 is 1.83 bits per heavy atom. The van der Waals surface area contributed by atoms with Gasteiger partial charge in [-0.05, 0) is 24.3 Å². The van der Waals surface area contributed by atoms with Crippen molar-refractivity contribution in [2.45, 2.75) is 9.79 Å². The molecule has 0 aliphatic carbocycles. The fourth-order valence-electron chi connectivity index (χ4n) is 1.50. The molecule has 0 aromatic heterocycles. The van der Waals surface area contributed by atoms with Crippen molar-refractivity contribution in [1.29, 1.82) is 0 Å². The van der Waals surface area contributed by atoms with E-state index in [0.29, 0.717) is 4.90 Å². The zero-order chi connectivity index (χ0) is 13.1. The lowest BCUT2D eigenvalue weighted by atomic mass is 10.2. The van der Waals surface area contributed by atoms with Crippen LogP contribution in [0.2, 0.25) is 0 Å². The minimum Gasteiger partial charge on any atom is -0.478 e. The summed E-state index contributed by atoms with van der Waals surface area (Å²) < 4.78 is 13.3. The van der Waals surface area contributed by atoms with Crippen LogP contribution >= 0.6 is 11.8 Å². The van der Waals surface area contributed by atoms with Crippen molar-refractivity contribution in [3.05, 3.63) is 53.8 Å². The standard InChI is InChI=1S/C13H10FNO2S/c14-9-6-7-10(11(12(9)15)13(16)17)18-8-4-2-1-3-5-8/h1-7H,15H2,(H,16,17). The zero-order valence-electron chi connectivity index (χ0n) is 9.26. The largest absolute Gasteiger partial charge is 0.478 e. The van der Waals surface area contributed by atoms with Gasteiger partial charge in [-0.15, -0.1) is 0 Å². The van der Waals surface area contributed by atoms with Crippen molar-refractivity contribution in [1.82, 2.24) is 0 Å². The molecule has 3 N–H and O–H groups in total. The third-order valence-corrected chi connectivity index (χ3v) is 3.41. The van der Waals surface area contributed by atoms with Gasteiger partial charge in [0.2, 0.25) is 0 Å². The zero-order valence-corrected chi connectivity index (χ0v) is 10.1. The average molecular weight is 263 g/mol. The van der Waals surface area contributed by atoms with Gasteiger partial charge in [-0.1, -0.05) is 30.0 Å². The Morgan fingerprint density at radius 3 is 2.44 bits per heavy atom. The van der Waals surface area contributed by atoms with Crippen LogP contribution in [0.5, 0.6) is 0 Å². The molecule has 0 heterocycles. The number of carboxylic acids is 1. The Kier molecular flexibility index (Phi) is 3.53. The van der Waals surface area contributed by atoms with E-state index in [0.717, 1.165) is 4.90 Å². The number of benzene rings is 2. The minimum atomic E-state index is -1.23. The molecule has 0 aliphatic heterocycles. The van der Waals surface area contributed by atoms with Crippen molar-refractivity contribution in [2.75, 3.05) is 5.73 Å². The summed E-state index contributed by atoms with van der Waals surface area (Å²) >= 11 is 1.24. The van der Waals surface area contributed by atoms with E-state index >= 15 is 0 Å². The quantitative estimate of drug-likeness (QED) is 0.834. The van der Waals surface area contributed by atoms with Crippen molar-refractivity contribution < 1.29 is 14.3 Å². The number of carbonyl (C=O) groups is 1. The molecule has 0 radical (unpaired) electrons. The molecule has 0 spiro atoms. The number of carboxylic acid groups (broad SMARTS) is 1. The van der Waals surface area contributed by atoms with Gasteiger partial charge in [0, 0.05) is 9.79 Å². The third kappa shape index (κ3) is 2.46. The second-order valence-electron chi connectivity index (χ2n) is 3.55. The molecule has 18 heavy (non-hydrogen) atoms. The molecule has 0 atom stereocenters. The number of rotatable bonds is 3. The highest BCUT2D eigenvalue weighted by molar-refractivity contribution is 7.99. The molecule has 0 saturated heterocycles. The molecule has 3 nitrogen and oxygen atoms in total. The third-order valence-electron chi connectivity index (χ3n) is 2.34. The predicted octanol–water partition coefficient (Wildman–Crippen LogP) is 3.26. The maximum atomic E-state index is 13.3. The van der Waals surface area contributed by atoms with Crippen molar-refractivity contribution in [3.63, 3.8) is 0 Å². The molecule has 0 aliphatic rings. The van der Waals surface area contributed by atoms with Crippen LogP contribution in [0.25, 0.3) is 0 Å². The summed E-state index contributed by atoms with van der Waals surface area (Å²) in [5.41, 5.74) is 4.95. The van der Waals surface area contributed by atoms with Gasteiger partial charge in [-0.3, -0.25) is 0 Å². The smallest absolute Gasteiger partial charge is 0.339 e. The Labute approximate surface area is 107 Å². The number of hydrogen-bond acceptors (Lipinski definition) is 3. The Morgan fingerprint density at radius 1 is 1.17 bits per heavy atom. The van der Waals surface area contributed by atoms with E-state index in [1.807, 2.05) is 30.3 Å². The summed E-state index contributed by atoms with van der Waals surface area (Å²) in [6.45, 7) is 0. The predicted molar refractivity (Wildman–Crippen MR) is 68.3 cm³/mol.